The van der Waals surface area contributed by atoms with Crippen molar-refractivity contribution in [3.05, 3.63) is 59.9 Å². The molecular formula is C23H33IN4O3. The van der Waals surface area contributed by atoms with Crippen LogP contribution in [0.2, 0.25) is 0 Å². The highest BCUT2D eigenvalue weighted by Gasteiger charge is 2.15. The first-order valence-electron chi connectivity index (χ1n) is 10.5. The molecule has 1 fully saturated rings. The lowest BCUT2D eigenvalue weighted by atomic mass is 10.1. The van der Waals surface area contributed by atoms with Crippen molar-refractivity contribution in [1.82, 2.24) is 15.6 Å². The normalized spacial score (nSPS) is 15.9. The van der Waals surface area contributed by atoms with Crippen molar-refractivity contribution in [3.63, 3.8) is 0 Å². The van der Waals surface area contributed by atoms with Crippen molar-refractivity contribution < 1.29 is 14.2 Å². The van der Waals surface area contributed by atoms with Crippen LogP contribution >= 0.6 is 24.0 Å². The first kappa shape index (κ1) is 25.4. The summed E-state index contributed by atoms with van der Waals surface area (Å²) >= 11 is 0. The van der Waals surface area contributed by atoms with Crippen molar-refractivity contribution >= 4 is 29.9 Å². The largest absolute Gasteiger partial charge is 0.487 e. The second-order valence-electron chi connectivity index (χ2n) is 7.26. The molecule has 1 saturated heterocycles. The summed E-state index contributed by atoms with van der Waals surface area (Å²) in [6.07, 6.45) is 3.83. The van der Waals surface area contributed by atoms with Gasteiger partial charge in [-0.1, -0.05) is 18.2 Å². The molecule has 0 spiro atoms. The molecule has 0 saturated carbocycles. The van der Waals surface area contributed by atoms with Crippen LogP contribution in [0.15, 0.2) is 53.7 Å². The molecule has 2 N–H and O–H groups in total. The van der Waals surface area contributed by atoms with Crippen molar-refractivity contribution in [1.29, 1.82) is 0 Å². The standard InChI is InChI=1S/C23H32N4O3.HI/c1-24-23(26-12-4-13-28-16-20-10-14-29-17-20)27-15-19-6-8-22(9-7-19)30-18-21-5-2-3-11-25-21;/h2-3,5-9,11,20H,4,10,12-18H2,1H3,(H2,24,26,27);1H. The Kier molecular flexibility index (Phi) is 12.3. The smallest absolute Gasteiger partial charge is 0.191 e. The van der Waals surface area contributed by atoms with Gasteiger partial charge < -0.3 is 24.8 Å². The molecule has 0 amide bonds. The minimum Gasteiger partial charge on any atom is -0.487 e. The van der Waals surface area contributed by atoms with Crippen LogP contribution in [0.5, 0.6) is 5.75 Å². The van der Waals surface area contributed by atoms with E-state index in [0.717, 1.165) is 68.8 Å². The maximum Gasteiger partial charge on any atom is 0.191 e. The van der Waals surface area contributed by atoms with Gasteiger partial charge in [0.1, 0.15) is 12.4 Å². The van der Waals surface area contributed by atoms with Crippen LogP contribution in [0.25, 0.3) is 0 Å². The minimum absolute atomic E-state index is 0. The van der Waals surface area contributed by atoms with Crippen molar-refractivity contribution in [3.8, 4) is 5.75 Å². The van der Waals surface area contributed by atoms with Gasteiger partial charge >= 0.3 is 0 Å². The molecule has 1 atom stereocenters. The van der Waals surface area contributed by atoms with Crippen LogP contribution < -0.4 is 15.4 Å². The molecular weight excluding hydrogens is 507 g/mol. The van der Waals surface area contributed by atoms with Crippen LogP contribution in [0.3, 0.4) is 0 Å². The van der Waals surface area contributed by atoms with Gasteiger partial charge in [0.25, 0.3) is 0 Å². The Labute approximate surface area is 202 Å². The second-order valence-corrected chi connectivity index (χ2v) is 7.26. The summed E-state index contributed by atoms with van der Waals surface area (Å²) in [5, 5.41) is 6.65. The molecule has 2 aromatic rings. The summed E-state index contributed by atoms with van der Waals surface area (Å²) in [7, 11) is 1.78. The van der Waals surface area contributed by atoms with Gasteiger partial charge in [0.15, 0.2) is 5.96 Å². The summed E-state index contributed by atoms with van der Waals surface area (Å²) in [5.41, 5.74) is 2.07. The maximum absolute atomic E-state index is 5.77. The first-order chi connectivity index (χ1) is 14.8. The van der Waals surface area contributed by atoms with Crippen molar-refractivity contribution in [2.45, 2.75) is 26.0 Å². The highest BCUT2D eigenvalue weighted by atomic mass is 127. The molecule has 1 aromatic carbocycles. The maximum atomic E-state index is 5.77. The van der Waals surface area contributed by atoms with E-state index < -0.39 is 0 Å². The number of rotatable bonds is 11. The number of hydrogen-bond donors (Lipinski definition) is 2. The van der Waals surface area contributed by atoms with E-state index >= 15 is 0 Å². The number of aromatic nitrogens is 1. The van der Waals surface area contributed by atoms with E-state index in [9.17, 15) is 0 Å². The lowest BCUT2D eigenvalue weighted by Gasteiger charge is -2.13. The molecule has 170 valence electrons. The zero-order valence-electron chi connectivity index (χ0n) is 18.1. The van der Waals surface area contributed by atoms with Gasteiger partial charge in [-0.15, -0.1) is 24.0 Å². The number of aliphatic imine (C=N–C) groups is 1. The fourth-order valence-corrected chi connectivity index (χ4v) is 3.10. The van der Waals surface area contributed by atoms with Crippen molar-refractivity contribution in [2.75, 3.05) is 40.0 Å². The van der Waals surface area contributed by atoms with Crippen molar-refractivity contribution in [2.24, 2.45) is 10.9 Å². The summed E-state index contributed by atoms with van der Waals surface area (Å²) in [4.78, 5) is 8.53. The van der Waals surface area contributed by atoms with Crippen LogP contribution in [-0.2, 0) is 22.6 Å². The fourth-order valence-electron chi connectivity index (χ4n) is 3.10. The molecule has 8 heteroatoms. The lowest BCUT2D eigenvalue weighted by molar-refractivity contribution is 0.0888. The fraction of sp³-hybridized carbons (Fsp3) is 0.478. The molecule has 1 unspecified atom stereocenters. The van der Waals surface area contributed by atoms with Gasteiger partial charge in [0, 0.05) is 45.5 Å². The van der Waals surface area contributed by atoms with E-state index in [1.165, 1.54) is 0 Å². The molecule has 0 bridgehead atoms. The SMILES string of the molecule is CN=C(NCCCOCC1CCOC1)NCc1ccc(OCc2ccccn2)cc1.I. The van der Waals surface area contributed by atoms with E-state index in [0.29, 0.717) is 19.1 Å². The van der Waals surface area contributed by atoms with Gasteiger partial charge in [-0.3, -0.25) is 9.98 Å². The highest BCUT2D eigenvalue weighted by Crippen LogP contribution is 2.14. The highest BCUT2D eigenvalue weighted by molar-refractivity contribution is 14.0. The average Bonchev–Trinajstić information content (AvgIpc) is 3.32. The number of guanidine groups is 1. The molecule has 0 radical (unpaired) electrons. The molecule has 31 heavy (non-hydrogen) atoms. The first-order valence-corrected chi connectivity index (χ1v) is 10.5. The number of nitrogens with zero attached hydrogens (tertiary/aromatic N) is 2. The number of pyridine rings is 1. The number of hydrogen-bond acceptors (Lipinski definition) is 5. The van der Waals surface area contributed by atoms with Gasteiger partial charge in [-0.05, 0) is 42.7 Å². The van der Waals surface area contributed by atoms with Gasteiger partial charge in [0.05, 0.1) is 18.9 Å². The van der Waals surface area contributed by atoms with Crippen LogP contribution in [-0.4, -0.2) is 51.0 Å². The number of halogens is 1. The third kappa shape index (κ3) is 9.84. The van der Waals surface area contributed by atoms with E-state index in [2.05, 4.69) is 32.7 Å². The van der Waals surface area contributed by atoms with Crippen LogP contribution in [0.4, 0.5) is 0 Å². The van der Waals surface area contributed by atoms with E-state index in [4.69, 9.17) is 14.2 Å². The third-order valence-corrected chi connectivity index (χ3v) is 4.86. The topological polar surface area (TPSA) is 77.0 Å². The van der Waals surface area contributed by atoms with E-state index in [-0.39, 0.29) is 24.0 Å². The lowest BCUT2D eigenvalue weighted by Crippen LogP contribution is -2.37. The van der Waals surface area contributed by atoms with Crippen LogP contribution in [0, 0.1) is 5.92 Å². The quantitative estimate of drug-likeness (QED) is 0.197. The Morgan fingerprint density at radius 2 is 2.06 bits per heavy atom. The van der Waals surface area contributed by atoms with Gasteiger partial charge in [-0.25, -0.2) is 0 Å². The monoisotopic (exact) mass is 540 g/mol. The Bertz CT molecular complexity index is 753. The Hall–Kier alpha value is -1.91. The Morgan fingerprint density at radius 3 is 2.77 bits per heavy atom. The van der Waals surface area contributed by atoms with Crippen LogP contribution in [0.1, 0.15) is 24.1 Å². The summed E-state index contributed by atoms with van der Waals surface area (Å²) < 4.78 is 16.9. The summed E-state index contributed by atoms with van der Waals surface area (Å²) in [6, 6.07) is 13.9. The number of nitrogens with one attached hydrogen (secondary N) is 2. The number of benzene rings is 1. The zero-order chi connectivity index (χ0) is 20.9. The molecule has 1 aromatic heterocycles. The molecule has 1 aliphatic heterocycles. The molecule has 0 aliphatic carbocycles. The van der Waals surface area contributed by atoms with Gasteiger partial charge in [0.2, 0.25) is 0 Å². The molecule has 2 heterocycles. The van der Waals surface area contributed by atoms with E-state index in [1.807, 2.05) is 30.3 Å². The summed E-state index contributed by atoms with van der Waals surface area (Å²) in [5.74, 6) is 2.19. The predicted molar refractivity (Wildman–Crippen MR) is 133 cm³/mol. The average molecular weight is 540 g/mol. The zero-order valence-corrected chi connectivity index (χ0v) is 20.4. The van der Waals surface area contributed by atoms with Gasteiger partial charge in [-0.2, -0.15) is 0 Å². The third-order valence-electron chi connectivity index (χ3n) is 4.86. The second kappa shape index (κ2) is 15.0. The number of ether oxygens (including phenoxy) is 3. The predicted octanol–water partition coefficient (Wildman–Crippen LogP) is 3.39. The molecule has 1 aliphatic rings. The molecule has 7 nitrogen and oxygen atoms in total. The van der Waals surface area contributed by atoms with E-state index in [1.54, 1.807) is 13.2 Å². The summed E-state index contributed by atoms with van der Waals surface area (Å²) in [6.45, 7) is 5.24. The minimum atomic E-state index is 0. The Balaban J connectivity index is 0.00000341. The molecule has 3 rings (SSSR count). The Morgan fingerprint density at radius 1 is 1.19 bits per heavy atom.